The van der Waals surface area contributed by atoms with E-state index in [1.807, 2.05) is 39.2 Å². The number of aromatic nitrogens is 2. The van der Waals surface area contributed by atoms with Gasteiger partial charge >= 0.3 is 0 Å². The zero-order valence-corrected chi connectivity index (χ0v) is 15.7. The van der Waals surface area contributed by atoms with Crippen LogP contribution in [0.15, 0.2) is 54.6 Å². The first kappa shape index (κ1) is 17.7. The summed E-state index contributed by atoms with van der Waals surface area (Å²) in [5, 5.41) is 6.69. The van der Waals surface area contributed by atoms with Crippen LogP contribution in [-0.2, 0) is 6.42 Å². The molecule has 0 spiro atoms. The molecule has 0 radical (unpaired) electrons. The summed E-state index contributed by atoms with van der Waals surface area (Å²) in [6.07, 6.45) is 1.04. The van der Waals surface area contributed by atoms with Gasteiger partial charge in [-0.2, -0.15) is 0 Å². The Hall–Kier alpha value is -3.08. The molecule has 0 amide bonds. The van der Waals surface area contributed by atoms with Crippen LogP contribution in [-0.4, -0.2) is 24.1 Å². The standard InChI is InChI=1S/C21H25N5/c1-5-16-6-8-17(9-7-16)24-20-14-21(23-15(2)22-20)25-18-10-12-19(13-11-18)26(3)4/h6-14H,5H2,1-4H3,(H2,22,23,24,25). The second-order valence-corrected chi connectivity index (χ2v) is 6.43. The third kappa shape index (κ3) is 4.51. The van der Waals surface area contributed by atoms with E-state index in [1.54, 1.807) is 0 Å². The fourth-order valence-electron chi connectivity index (χ4n) is 2.66. The fraction of sp³-hybridized carbons (Fsp3) is 0.238. The van der Waals surface area contributed by atoms with Gasteiger partial charge in [-0.1, -0.05) is 19.1 Å². The van der Waals surface area contributed by atoms with Crippen molar-refractivity contribution >= 4 is 28.7 Å². The minimum absolute atomic E-state index is 0.715. The van der Waals surface area contributed by atoms with Crippen molar-refractivity contribution < 1.29 is 0 Å². The van der Waals surface area contributed by atoms with Crippen LogP contribution in [0.4, 0.5) is 28.7 Å². The van der Waals surface area contributed by atoms with Crippen molar-refractivity contribution in [2.24, 2.45) is 0 Å². The molecule has 0 bridgehead atoms. The van der Waals surface area contributed by atoms with Crippen molar-refractivity contribution in [2.75, 3.05) is 29.6 Å². The molecule has 3 aromatic rings. The molecule has 0 aliphatic heterocycles. The van der Waals surface area contributed by atoms with Crippen LogP contribution in [0.3, 0.4) is 0 Å². The number of aryl methyl sites for hydroxylation is 2. The van der Waals surface area contributed by atoms with Crippen molar-refractivity contribution in [1.82, 2.24) is 9.97 Å². The number of benzene rings is 2. The third-order valence-electron chi connectivity index (χ3n) is 4.13. The SMILES string of the molecule is CCc1ccc(Nc2cc(Nc3ccc(N(C)C)cc3)nc(C)n2)cc1. The maximum atomic E-state index is 4.48. The van der Waals surface area contributed by atoms with Gasteiger partial charge in [-0.05, 0) is 55.3 Å². The van der Waals surface area contributed by atoms with Crippen molar-refractivity contribution in [3.63, 3.8) is 0 Å². The third-order valence-corrected chi connectivity index (χ3v) is 4.13. The fourth-order valence-corrected chi connectivity index (χ4v) is 2.66. The van der Waals surface area contributed by atoms with Gasteiger partial charge in [0.2, 0.25) is 0 Å². The molecule has 0 fully saturated rings. The average molecular weight is 347 g/mol. The molecule has 0 saturated carbocycles. The molecule has 5 heteroatoms. The highest BCUT2D eigenvalue weighted by Gasteiger charge is 2.04. The normalized spacial score (nSPS) is 10.5. The number of nitrogens with one attached hydrogen (secondary N) is 2. The van der Waals surface area contributed by atoms with Gasteiger partial charge in [-0.15, -0.1) is 0 Å². The number of rotatable bonds is 6. The first-order valence-electron chi connectivity index (χ1n) is 8.79. The average Bonchev–Trinajstić information content (AvgIpc) is 2.62. The second kappa shape index (κ2) is 7.87. The lowest BCUT2D eigenvalue weighted by Gasteiger charge is -2.14. The summed E-state index contributed by atoms with van der Waals surface area (Å²) in [5.41, 5.74) is 4.48. The van der Waals surface area contributed by atoms with Gasteiger partial charge in [0.15, 0.2) is 0 Å². The van der Waals surface area contributed by atoms with Gasteiger partial charge in [0.05, 0.1) is 0 Å². The van der Waals surface area contributed by atoms with Gasteiger partial charge in [0, 0.05) is 37.2 Å². The maximum Gasteiger partial charge on any atom is 0.136 e. The van der Waals surface area contributed by atoms with E-state index in [0.717, 1.165) is 35.1 Å². The quantitative estimate of drug-likeness (QED) is 0.664. The lowest BCUT2D eigenvalue weighted by Crippen LogP contribution is -2.08. The molecule has 5 nitrogen and oxygen atoms in total. The van der Waals surface area contributed by atoms with Crippen LogP contribution in [0, 0.1) is 6.92 Å². The van der Waals surface area contributed by atoms with Gasteiger partial charge in [-0.25, -0.2) is 9.97 Å². The highest BCUT2D eigenvalue weighted by atomic mass is 15.1. The number of hydrogen-bond acceptors (Lipinski definition) is 5. The zero-order chi connectivity index (χ0) is 18.5. The van der Waals surface area contributed by atoms with E-state index in [4.69, 9.17) is 0 Å². The first-order valence-corrected chi connectivity index (χ1v) is 8.79. The second-order valence-electron chi connectivity index (χ2n) is 6.43. The Labute approximate surface area is 155 Å². The molecule has 134 valence electrons. The Morgan fingerprint density at radius 2 is 1.31 bits per heavy atom. The lowest BCUT2D eigenvalue weighted by atomic mass is 10.1. The zero-order valence-electron chi connectivity index (χ0n) is 15.7. The molecule has 2 aromatic carbocycles. The Kier molecular flexibility index (Phi) is 5.37. The molecular formula is C21H25N5. The number of hydrogen-bond donors (Lipinski definition) is 2. The summed E-state index contributed by atoms with van der Waals surface area (Å²) in [6, 6.07) is 18.6. The molecule has 3 rings (SSSR count). The van der Waals surface area contributed by atoms with Crippen molar-refractivity contribution in [3.8, 4) is 0 Å². The Balaban J connectivity index is 1.76. The van der Waals surface area contributed by atoms with E-state index < -0.39 is 0 Å². The maximum absolute atomic E-state index is 4.48. The van der Waals surface area contributed by atoms with Crippen LogP contribution in [0.1, 0.15) is 18.3 Å². The Bertz CT molecular complexity index is 855. The molecule has 2 N–H and O–H groups in total. The van der Waals surface area contributed by atoms with E-state index in [2.05, 4.69) is 68.8 Å². The predicted molar refractivity (Wildman–Crippen MR) is 110 cm³/mol. The van der Waals surface area contributed by atoms with E-state index in [0.29, 0.717) is 5.82 Å². The largest absolute Gasteiger partial charge is 0.378 e. The molecule has 0 atom stereocenters. The van der Waals surface area contributed by atoms with Crippen molar-refractivity contribution in [2.45, 2.75) is 20.3 Å². The highest BCUT2D eigenvalue weighted by Crippen LogP contribution is 2.22. The van der Waals surface area contributed by atoms with Gasteiger partial charge in [0.25, 0.3) is 0 Å². The summed E-state index contributed by atoms with van der Waals surface area (Å²) >= 11 is 0. The molecule has 0 aliphatic carbocycles. The lowest BCUT2D eigenvalue weighted by molar-refractivity contribution is 1.06. The minimum Gasteiger partial charge on any atom is -0.378 e. The van der Waals surface area contributed by atoms with Gasteiger partial charge in [0.1, 0.15) is 17.5 Å². The van der Waals surface area contributed by atoms with E-state index >= 15 is 0 Å². The minimum atomic E-state index is 0.715. The molecule has 0 saturated heterocycles. The Morgan fingerprint density at radius 1 is 0.808 bits per heavy atom. The molecule has 0 aliphatic rings. The number of anilines is 5. The van der Waals surface area contributed by atoms with E-state index in [9.17, 15) is 0 Å². The van der Waals surface area contributed by atoms with Crippen LogP contribution in [0.2, 0.25) is 0 Å². The van der Waals surface area contributed by atoms with E-state index in [1.165, 1.54) is 5.56 Å². The van der Waals surface area contributed by atoms with Crippen LogP contribution in [0.25, 0.3) is 0 Å². The topological polar surface area (TPSA) is 53.1 Å². The molecule has 1 aromatic heterocycles. The predicted octanol–water partition coefficient (Wildman–Crippen LogP) is 4.90. The van der Waals surface area contributed by atoms with Crippen molar-refractivity contribution in [3.05, 3.63) is 66.0 Å². The smallest absolute Gasteiger partial charge is 0.136 e. The van der Waals surface area contributed by atoms with E-state index in [-0.39, 0.29) is 0 Å². The highest BCUT2D eigenvalue weighted by molar-refractivity contribution is 5.64. The molecule has 26 heavy (non-hydrogen) atoms. The van der Waals surface area contributed by atoms with Crippen LogP contribution in [0.5, 0.6) is 0 Å². The monoisotopic (exact) mass is 347 g/mol. The summed E-state index contributed by atoms with van der Waals surface area (Å²) < 4.78 is 0. The molecule has 1 heterocycles. The van der Waals surface area contributed by atoms with Crippen LogP contribution >= 0.6 is 0 Å². The summed E-state index contributed by atoms with van der Waals surface area (Å²) in [7, 11) is 4.06. The molecular weight excluding hydrogens is 322 g/mol. The molecule has 0 unspecified atom stereocenters. The van der Waals surface area contributed by atoms with Crippen LogP contribution < -0.4 is 15.5 Å². The summed E-state index contributed by atoms with van der Waals surface area (Å²) in [5.74, 6) is 2.25. The van der Waals surface area contributed by atoms with Crippen molar-refractivity contribution in [1.29, 1.82) is 0 Å². The summed E-state index contributed by atoms with van der Waals surface area (Å²) in [6.45, 7) is 4.05. The van der Waals surface area contributed by atoms with Gasteiger partial charge in [-0.3, -0.25) is 0 Å². The van der Waals surface area contributed by atoms with Gasteiger partial charge < -0.3 is 15.5 Å². The Morgan fingerprint density at radius 3 is 1.77 bits per heavy atom. The first-order chi connectivity index (χ1) is 12.5. The summed E-state index contributed by atoms with van der Waals surface area (Å²) in [4.78, 5) is 11.0. The number of nitrogens with zero attached hydrogens (tertiary/aromatic N) is 3.